The Morgan fingerprint density at radius 3 is 2.33 bits per heavy atom. The summed E-state index contributed by atoms with van der Waals surface area (Å²) in [4.78, 5) is 27.6. The molecule has 2 amide bonds. The van der Waals surface area contributed by atoms with E-state index in [4.69, 9.17) is 0 Å². The molecule has 0 bridgehead atoms. The van der Waals surface area contributed by atoms with Crippen molar-refractivity contribution in [2.75, 3.05) is 26.4 Å². The molecule has 0 aliphatic carbocycles. The molecule has 1 atom stereocenters. The number of imide groups is 1. The highest BCUT2D eigenvalue weighted by molar-refractivity contribution is 6.21. The molecule has 1 unspecified atom stereocenters. The first-order valence-electron chi connectivity index (χ1n) is 7.05. The molecular weight excluding hydrogens is 272 g/mol. The Morgan fingerprint density at radius 2 is 1.76 bits per heavy atom. The van der Waals surface area contributed by atoms with Crippen molar-refractivity contribution in [1.82, 2.24) is 9.80 Å². The molecule has 6 heteroatoms. The smallest absolute Gasteiger partial charge is 0.262 e. The number of likely N-dealkylation sites (tertiary alicyclic amines) is 1. The first kappa shape index (κ1) is 14.2. The SMILES string of the molecule is O=C1c2ccccc2C(=O)N1CN1CCCC(O)(CO)C1. The van der Waals surface area contributed by atoms with Crippen molar-refractivity contribution in [2.45, 2.75) is 18.4 Å². The van der Waals surface area contributed by atoms with Gasteiger partial charge in [-0.25, -0.2) is 0 Å². The topological polar surface area (TPSA) is 81.1 Å². The zero-order valence-electron chi connectivity index (χ0n) is 11.7. The predicted molar refractivity (Wildman–Crippen MR) is 74.7 cm³/mol. The van der Waals surface area contributed by atoms with Gasteiger partial charge >= 0.3 is 0 Å². The number of nitrogens with zero attached hydrogens (tertiary/aromatic N) is 2. The molecule has 2 aliphatic heterocycles. The van der Waals surface area contributed by atoms with Crippen LogP contribution in [0.4, 0.5) is 0 Å². The van der Waals surface area contributed by atoms with Crippen LogP contribution in [0.25, 0.3) is 0 Å². The number of rotatable bonds is 3. The predicted octanol–water partition coefficient (Wildman–Crippen LogP) is 0.0593. The van der Waals surface area contributed by atoms with Crippen LogP contribution in [-0.2, 0) is 0 Å². The minimum absolute atomic E-state index is 0.147. The van der Waals surface area contributed by atoms with Crippen molar-refractivity contribution >= 4 is 11.8 Å². The second-order valence-electron chi connectivity index (χ2n) is 5.76. The normalized spacial score (nSPS) is 26.3. The number of benzene rings is 1. The summed E-state index contributed by atoms with van der Waals surface area (Å²) in [5.41, 5.74) is -0.287. The van der Waals surface area contributed by atoms with E-state index in [1.54, 1.807) is 24.3 Å². The lowest BCUT2D eigenvalue weighted by Gasteiger charge is -2.39. The number of carbonyl (C=O) groups is 2. The molecule has 3 rings (SSSR count). The van der Waals surface area contributed by atoms with E-state index in [9.17, 15) is 19.8 Å². The maximum atomic E-state index is 12.3. The van der Waals surface area contributed by atoms with Crippen LogP contribution in [0.15, 0.2) is 24.3 Å². The van der Waals surface area contributed by atoms with Gasteiger partial charge in [0.05, 0.1) is 24.4 Å². The van der Waals surface area contributed by atoms with E-state index in [2.05, 4.69) is 0 Å². The summed E-state index contributed by atoms with van der Waals surface area (Å²) >= 11 is 0. The number of amides is 2. The van der Waals surface area contributed by atoms with Crippen molar-refractivity contribution in [3.05, 3.63) is 35.4 Å². The van der Waals surface area contributed by atoms with E-state index < -0.39 is 5.60 Å². The lowest BCUT2D eigenvalue weighted by molar-refractivity contribution is -0.0729. The van der Waals surface area contributed by atoms with Gasteiger partial charge in [-0.1, -0.05) is 12.1 Å². The van der Waals surface area contributed by atoms with Crippen LogP contribution >= 0.6 is 0 Å². The maximum absolute atomic E-state index is 12.3. The second-order valence-corrected chi connectivity index (χ2v) is 5.76. The van der Waals surface area contributed by atoms with Crippen LogP contribution in [0.3, 0.4) is 0 Å². The van der Waals surface area contributed by atoms with Gasteiger partial charge in [-0.05, 0) is 25.0 Å². The molecule has 2 heterocycles. The monoisotopic (exact) mass is 290 g/mol. The number of aliphatic hydroxyl groups is 2. The van der Waals surface area contributed by atoms with Crippen LogP contribution in [-0.4, -0.2) is 63.8 Å². The summed E-state index contributed by atoms with van der Waals surface area (Å²) in [7, 11) is 0. The van der Waals surface area contributed by atoms with E-state index in [1.165, 1.54) is 4.90 Å². The van der Waals surface area contributed by atoms with E-state index in [-0.39, 0.29) is 31.6 Å². The van der Waals surface area contributed by atoms with Gasteiger partial charge in [0.2, 0.25) is 0 Å². The molecule has 1 fully saturated rings. The lowest BCUT2D eigenvalue weighted by Crippen LogP contribution is -2.53. The fraction of sp³-hybridized carbons (Fsp3) is 0.467. The first-order valence-corrected chi connectivity index (χ1v) is 7.05. The average molecular weight is 290 g/mol. The van der Waals surface area contributed by atoms with Gasteiger partial charge in [-0.15, -0.1) is 0 Å². The van der Waals surface area contributed by atoms with Crippen molar-refractivity contribution in [3.63, 3.8) is 0 Å². The maximum Gasteiger partial charge on any atom is 0.262 e. The first-order chi connectivity index (χ1) is 10.0. The van der Waals surface area contributed by atoms with Crippen molar-refractivity contribution in [3.8, 4) is 0 Å². The Hall–Kier alpha value is -1.76. The number of piperidine rings is 1. The second kappa shape index (κ2) is 5.22. The third-order valence-electron chi connectivity index (χ3n) is 4.15. The van der Waals surface area contributed by atoms with Crippen molar-refractivity contribution < 1.29 is 19.8 Å². The van der Waals surface area contributed by atoms with E-state index in [1.807, 2.05) is 4.90 Å². The van der Waals surface area contributed by atoms with Crippen LogP contribution in [0.1, 0.15) is 33.6 Å². The van der Waals surface area contributed by atoms with Gasteiger partial charge in [0.1, 0.15) is 5.60 Å². The van der Waals surface area contributed by atoms with E-state index in [0.29, 0.717) is 24.1 Å². The van der Waals surface area contributed by atoms with E-state index >= 15 is 0 Å². The van der Waals surface area contributed by atoms with Crippen LogP contribution < -0.4 is 0 Å². The Morgan fingerprint density at radius 1 is 1.14 bits per heavy atom. The summed E-state index contributed by atoms with van der Waals surface area (Å²) < 4.78 is 0. The summed E-state index contributed by atoms with van der Waals surface area (Å²) in [6.07, 6.45) is 1.25. The zero-order chi connectivity index (χ0) is 15.0. The summed E-state index contributed by atoms with van der Waals surface area (Å²) in [5.74, 6) is -0.595. The number of aliphatic hydroxyl groups excluding tert-OH is 1. The summed E-state index contributed by atoms with van der Waals surface area (Å²) in [5, 5.41) is 19.4. The molecule has 0 spiro atoms. The average Bonchev–Trinajstić information content (AvgIpc) is 2.73. The Kier molecular flexibility index (Phi) is 3.52. The largest absolute Gasteiger partial charge is 0.393 e. The lowest BCUT2D eigenvalue weighted by atomic mass is 9.94. The highest BCUT2D eigenvalue weighted by Crippen LogP contribution is 2.25. The molecule has 112 valence electrons. The number of hydrogen-bond acceptors (Lipinski definition) is 5. The minimum atomic E-state index is -1.14. The third-order valence-corrected chi connectivity index (χ3v) is 4.15. The van der Waals surface area contributed by atoms with Crippen LogP contribution in [0, 0.1) is 0 Å². The molecule has 21 heavy (non-hydrogen) atoms. The molecule has 0 saturated carbocycles. The van der Waals surface area contributed by atoms with Crippen LogP contribution in [0.5, 0.6) is 0 Å². The number of β-amino-alcohol motifs (C(OH)–C–C–N with tert-alkyl or cyclic N) is 1. The van der Waals surface area contributed by atoms with Gasteiger partial charge in [0.25, 0.3) is 11.8 Å². The van der Waals surface area contributed by atoms with E-state index in [0.717, 1.165) is 6.42 Å². The van der Waals surface area contributed by atoms with Gasteiger partial charge in [0, 0.05) is 13.1 Å². The molecule has 1 saturated heterocycles. The summed E-state index contributed by atoms with van der Waals surface area (Å²) in [6, 6.07) is 6.77. The fourth-order valence-corrected chi connectivity index (χ4v) is 3.02. The van der Waals surface area contributed by atoms with Crippen molar-refractivity contribution in [1.29, 1.82) is 0 Å². The molecule has 2 aliphatic rings. The standard InChI is InChI=1S/C15H18N2O4/c18-9-15(21)6-3-7-16(8-15)10-17-13(19)11-4-1-2-5-12(11)14(17)20/h1-2,4-5,18,21H,3,6-10H2. The van der Waals surface area contributed by atoms with Crippen molar-refractivity contribution in [2.24, 2.45) is 0 Å². The van der Waals surface area contributed by atoms with Crippen LogP contribution in [0.2, 0.25) is 0 Å². The zero-order valence-corrected chi connectivity index (χ0v) is 11.7. The third kappa shape index (κ3) is 2.46. The molecule has 6 nitrogen and oxygen atoms in total. The number of hydrogen-bond donors (Lipinski definition) is 2. The highest BCUT2D eigenvalue weighted by atomic mass is 16.3. The van der Waals surface area contributed by atoms with Gasteiger partial charge in [0.15, 0.2) is 0 Å². The molecule has 2 N–H and O–H groups in total. The molecule has 1 aromatic rings. The molecule has 0 radical (unpaired) electrons. The minimum Gasteiger partial charge on any atom is -0.393 e. The summed E-state index contributed by atoms with van der Waals surface area (Å²) in [6.45, 7) is 0.785. The fourth-order valence-electron chi connectivity index (χ4n) is 3.02. The molecule has 1 aromatic carbocycles. The Labute approximate surface area is 122 Å². The highest BCUT2D eigenvalue weighted by Gasteiger charge is 2.39. The molecular formula is C15H18N2O4. The Balaban J connectivity index is 1.75. The Bertz CT molecular complexity index is 554. The van der Waals surface area contributed by atoms with Gasteiger partial charge in [-0.2, -0.15) is 0 Å². The number of carbonyl (C=O) groups excluding carboxylic acids is 2. The van der Waals surface area contributed by atoms with Gasteiger partial charge < -0.3 is 10.2 Å². The van der Waals surface area contributed by atoms with Gasteiger partial charge in [-0.3, -0.25) is 19.4 Å². The quantitative estimate of drug-likeness (QED) is 0.769. The molecule has 0 aromatic heterocycles. The number of fused-ring (bicyclic) bond motifs is 1.